The van der Waals surface area contributed by atoms with Crippen LogP contribution in [0.1, 0.15) is 58.8 Å². The minimum absolute atomic E-state index is 0.128. The Morgan fingerprint density at radius 3 is 2.52 bits per heavy atom. The van der Waals surface area contributed by atoms with Gasteiger partial charge in [-0.2, -0.15) is 0 Å². The van der Waals surface area contributed by atoms with Crippen molar-refractivity contribution >= 4 is 0 Å². The van der Waals surface area contributed by atoms with Crippen LogP contribution in [0.25, 0.3) is 0 Å². The summed E-state index contributed by atoms with van der Waals surface area (Å²) in [6, 6.07) is 0. The van der Waals surface area contributed by atoms with Gasteiger partial charge in [-0.1, -0.05) is 25.5 Å². The lowest BCUT2D eigenvalue weighted by atomic mass is 9.56. The molecule has 6 aliphatic rings. The Balaban J connectivity index is 1.37. The van der Waals surface area contributed by atoms with Crippen LogP contribution in [-0.2, 0) is 18.9 Å². The summed E-state index contributed by atoms with van der Waals surface area (Å²) in [5.41, 5.74) is 5.06. The third-order valence-corrected chi connectivity index (χ3v) is 8.83. The zero-order valence-corrected chi connectivity index (χ0v) is 16.7. The third kappa shape index (κ3) is 2.19. The van der Waals surface area contributed by atoms with Gasteiger partial charge in [0.05, 0.1) is 26.4 Å². The molecule has 0 amide bonds. The second-order valence-electron chi connectivity index (χ2n) is 9.91. The van der Waals surface area contributed by atoms with Crippen LogP contribution in [0.4, 0.5) is 0 Å². The van der Waals surface area contributed by atoms with E-state index < -0.39 is 0 Å². The summed E-state index contributed by atoms with van der Waals surface area (Å²) in [7, 11) is 0. The second-order valence-corrected chi connectivity index (χ2v) is 9.91. The molecular weight excluding hydrogens is 340 g/mol. The van der Waals surface area contributed by atoms with E-state index in [0.29, 0.717) is 17.8 Å². The first-order chi connectivity index (χ1) is 13.1. The Kier molecular flexibility index (Phi) is 3.62. The van der Waals surface area contributed by atoms with Crippen LogP contribution >= 0.6 is 0 Å². The zero-order chi connectivity index (χ0) is 18.3. The van der Waals surface area contributed by atoms with Crippen molar-refractivity contribution in [1.82, 2.24) is 0 Å². The molecule has 0 aromatic rings. The molecule has 3 fully saturated rings. The molecule has 0 aromatic carbocycles. The van der Waals surface area contributed by atoms with Gasteiger partial charge in [0, 0.05) is 24.7 Å². The quantitative estimate of drug-likeness (QED) is 0.633. The van der Waals surface area contributed by atoms with E-state index in [9.17, 15) is 0 Å². The van der Waals surface area contributed by atoms with E-state index in [1.54, 1.807) is 16.7 Å². The van der Waals surface area contributed by atoms with Gasteiger partial charge in [-0.3, -0.25) is 0 Å². The summed E-state index contributed by atoms with van der Waals surface area (Å²) >= 11 is 0. The molecule has 2 heterocycles. The zero-order valence-electron chi connectivity index (χ0n) is 16.7. The van der Waals surface area contributed by atoms with E-state index in [2.05, 4.69) is 19.9 Å². The van der Waals surface area contributed by atoms with Gasteiger partial charge in [0.25, 0.3) is 0 Å². The Hall–Kier alpha value is -0.680. The van der Waals surface area contributed by atoms with Crippen LogP contribution in [-0.4, -0.2) is 38.0 Å². The summed E-state index contributed by atoms with van der Waals surface area (Å²) < 4.78 is 24.6. The summed E-state index contributed by atoms with van der Waals surface area (Å²) in [5.74, 6) is 1.34. The molecule has 2 saturated heterocycles. The smallest absolute Gasteiger partial charge is 0.174 e. The molecule has 4 aliphatic carbocycles. The van der Waals surface area contributed by atoms with E-state index >= 15 is 0 Å². The Morgan fingerprint density at radius 1 is 1.00 bits per heavy atom. The number of hydrogen-bond acceptors (Lipinski definition) is 4. The highest BCUT2D eigenvalue weighted by atomic mass is 16.7. The van der Waals surface area contributed by atoms with Gasteiger partial charge in [0.2, 0.25) is 0 Å². The SMILES string of the molecule is C[C@@H]1C[C@@H]2C(=CC[C@@]3(C)[C@H]2CCC32OCCO2)C2=C1CC1(CC2)OCCO1. The highest BCUT2D eigenvalue weighted by molar-refractivity contribution is 5.46. The van der Waals surface area contributed by atoms with Gasteiger partial charge in [0.15, 0.2) is 11.6 Å². The third-order valence-electron chi connectivity index (χ3n) is 8.83. The van der Waals surface area contributed by atoms with Crippen molar-refractivity contribution in [3.63, 3.8) is 0 Å². The lowest BCUT2D eigenvalue weighted by molar-refractivity contribution is -0.227. The van der Waals surface area contributed by atoms with Crippen LogP contribution in [0.2, 0.25) is 0 Å². The number of rotatable bonds is 0. The highest BCUT2D eigenvalue weighted by Crippen LogP contribution is 2.65. The fraction of sp³-hybridized carbons (Fsp3) is 0.826. The molecule has 0 N–H and O–H groups in total. The van der Waals surface area contributed by atoms with Crippen molar-refractivity contribution in [3.8, 4) is 0 Å². The molecule has 4 atom stereocenters. The fourth-order valence-corrected chi connectivity index (χ4v) is 7.47. The van der Waals surface area contributed by atoms with Gasteiger partial charge in [-0.15, -0.1) is 0 Å². The molecule has 148 valence electrons. The Bertz CT molecular complexity index is 710. The van der Waals surface area contributed by atoms with Crippen molar-refractivity contribution in [1.29, 1.82) is 0 Å². The van der Waals surface area contributed by atoms with E-state index in [1.807, 2.05) is 0 Å². The maximum absolute atomic E-state index is 6.25. The van der Waals surface area contributed by atoms with Gasteiger partial charge >= 0.3 is 0 Å². The van der Waals surface area contributed by atoms with Crippen LogP contribution in [0.3, 0.4) is 0 Å². The molecule has 2 spiro atoms. The molecule has 4 heteroatoms. The lowest BCUT2D eigenvalue weighted by Crippen LogP contribution is -2.50. The Labute approximate surface area is 162 Å². The molecule has 0 aromatic heterocycles. The van der Waals surface area contributed by atoms with E-state index in [1.165, 1.54) is 12.8 Å². The molecule has 0 bridgehead atoms. The number of fused-ring (bicyclic) bond motifs is 5. The largest absolute Gasteiger partial charge is 0.347 e. The van der Waals surface area contributed by atoms with Crippen molar-refractivity contribution < 1.29 is 18.9 Å². The predicted molar refractivity (Wildman–Crippen MR) is 101 cm³/mol. The molecule has 2 aliphatic heterocycles. The van der Waals surface area contributed by atoms with E-state index in [-0.39, 0.29) is 17.0 Å². The van der Waals surface area contributed by atoms with E-state index in [4.69, 9.17) is 18.9 Å². The average molecular weight is 373 g/mol. The van der Waals surface area contributed by atoms with E-state index in [0.717, 1.165) is 58.5 Å². The van der Waals surface area contributed by atoms with Crippen molar-refractivity contribution in [2.45, 2.75) is 70.4 Å². The standard InChI is InChI=1S/C23H32O4/c1-15-13-18-16(17-4-7-22(14-19(15)17)24-9-10-25-22)3-6-21(2)20(18)5-8-23(21)26-11-12-27-23/h3,15,18,20H,4-14H2,1-2H3/t15-,18-,20+,21+/m1/s1. The normalized spacial score (nSPS) is 44.4. The molecule has 0 radical (unpaired) electrons. The monoisotopic (exact) mass is 372 g/mol. The van der Waals surface area contributed by atoms with Gasteiger partial charge in [-0.05, 0) is 54.6 Å². The first kappa shape index (κ1) is 17.2. The molecular formula is C23H32O4. The summed E-state index contributed by atoms with van der Waals surface area (Å²) in [6.45, 7) is 7.90. The molecule has 6 rings (SSSR count). The maximum Gasteiger partial charge on any atom is 0.174 e. The van der Waals surface area contributed by atoms with Gasteiger partial charge in [-0.25, -0.2) is 0 Å². The fourth-order valence-electron chi connectivity index (χ4n) is 7.47. The van der Waals surface area contributed by atoms with Crippen molar-refractivity contribution in [2.24, 2.45) is 23.2 Å². The number of ether oxygens (including phenoxy) is 4. The molecule has 27 heavy (non-hydrogen) atoms. The number of hydrogen-bond donors (Lipinski definition) is 0. The van der Waals surface area contributed by atoms with Crippen LogP contribution in [0.5, 0.6) is 0 Å². The maximum atomic E-state index is 6.25. The first-order valence-corrected chi connectivity index (χ1v) is 11.0. The van der Waals surface area contributed by atoms with Gasteiger partial charge in [0.1, 0.15) is 0 Å². The van der Waals surface area contributed by atoms with Crippen LogP contribution < -0.4 is 0 Å². The topological polar surface area (TPSA) is 36.9 Å². The van der Waals surface area contributed by atoms with Crippen LogP contribution in [0, 0.1) is 23.2 Å². The minimum atomic E-state index is -0.320. The van der Waals surface area contributed by atoms with Gasteiger partial charge < -0.3 is 18.9 Å². The highest BCUT2D eigenvalue weighted by Gasteiger charge is 2.64. The molecule has 1 saturated carbocycles. The molecule has 4 nitrogen and oxygen atoms in total. The average Bonchev–Trinajstić information content (AvgIpc) is 3.38. The van der Waals surface area contributed by atoms with Crippen LogP contribution in [0.15, 0.2) is 22.8 Å². The second kappa shape index (κ2) is 5.69. The van der Waals surface area contributed by atoms with Crippen molar-refractivity contribution in [2.75, 3.05) is 26.4 Å². The lowest BCUT2D eigenvalue weighted by Gasteiger charge is -2.51. The summed E-state index contributed by atoms with van der Waals surface area (Å²) in [5, 5.41) is 0. The summed E-state index contributed by atoms with van der Waals surface area (Å²) in [6.07, 6.45) is 10.3. The summed E-state index contributed by atoms with van der Waals surface area (Å²) in [4.78, 5) is 0. The minimum Gasteiger partial charge on any atom is -0.347 e. The Morgan fingerprint density at radius 2 is 1.74 bits per heavy atom. The predicted octanol–water partition coefficient (Wildman–Crippen LogP) is 4.36. The molecule has 0 unspecified atom stereocenters. The first-order valence-electron chi connectivity index (χ1n) is 11.0. The number of allylic oxidation sites excluding steroid dienone is 3. The van der Waals surface area contributed by atoms with Crippen molar-refractivity contribution in [3.05, 3.63) is 22.8 Å².